The highest BCUT2D eigenvalue weighted by atomic mass is 19.1. The van der Waals surface area contributed by atoms with Crippen LogP contribution in [0.5, 0.6) is 0 Å². The van der Waals surface area contributed by atoms with Gasteiger partial charge in [-0.3, -0.25) is 19.3 Å². The molecule has 29 heavy (non-hydrogen) atoms. The number of esters is 1. The van der Waals surface area contributed by atoms with Gasteiger partial charge in [-0.1, -0.05) is 38.1 Å². The van der Waals surface area contributed by atoms with Gasteiger partial charge in [0.2, 0.25) is 5.78 Å². The van der Waals surface area contributed by atoms with Crippen molar-refractivity contribution in [1.29, 1.82) is 0 Å². The SMILES string of the molecule is CC(C)C[C@@H](C(=O)OCC(=O)c1ccccc1F)N1C(=O)c2ccccc2C1=O. The maximum atomic E-state index is 13.7. The van der Waals surface area contributed by atoms with E-state index in [0.29, 0.717) is 0 Å². The van der Waals surface area contributed by atoms with Crippen LogP contribution in [0.2, 0.25) is 0 Å². The molecule has 0 bridgehead atoms. The largest absolute Gasteiger partial charge is 0.456 e. The average molecular weight is 397 g/mol. The highest BCUT2D eigenvalue weighted by molar-refractivity contribution is 6.22. The fraction of sp³-hybridized carbons (Fsp3) is 0.273. The summed E-state index contributed by atoms with van der Waals surface area (Å²) in [4.78, 5) is 51.2. The van der Waals surface area contributed by atoms with Gasteiger partial charge >= 0.3 is 5.97 Å². The Morgan fingerprint density at radius 2 is 1.52 bits per heavy atom. The molecule has 0 unspecified atom stereocenters. The van der Waals surface area contributed by atoms with Gasteiger partial charge in [-0.05, 0) is 36.6 Å². The van der Waals surface area contributed by atoms with Crippen LogP contribution in [0.25, 0.3) is 0 Å². The monoisotopic (exact) mass is 397 g/mol. The van der Waals surface area contributed by atoms with Crippen molar-refractivity contribution in [2.75, 3.05) is 6.61 Å². The molecule has 0 N–H and O–H groups in total. The van der Waals surface area contributed by atoms with Crippen molar-refractivity contribution in [2.24, 2.45) is 5.92 Å². The Morgan fingerprint density at radius 3 is 2.07 bits per heavy atom. The first-order chi connectivity index (χ1) is 13.8. The van der Waals surface area contributed by atoms with Crippen LogP contribution >= 0.6 is 0 Å². The number of imide groups is 1. The lowest BCUT2D eigenvalue weighted by molar-refractivity contribution is -0.147. The molecule has 0 spiro atoms. The normalized spacial score (nSPS) is 14.1. The van der Waals surface area contributed by atoms with Crippen LogP contribution in [-0.4, -0.2) is 41.1 Å². The molecule has 1 aliphatic rings. The standard InChI is InChI=1S/C22H20FNO5/c1-13(2)11-18(24-20(26)14-7-3-4-8-15(14)21(24)27)22(28)29-12-19(25)16-9-5-6-10-17(16)23/h3-10,13,18H,11-12H2,1-2H3/t18-/m0/s1. The van der Waals surface area contributed by atoms with Gasteiger partial charge in [0, 0.05) is 0 Å². The van der Waals surface area contributed by atoms with E-state index in [4.69, 9.17) is 4.74 Å². The molecule has 0 fully saturated rings. The molecule has 1 atom stereocenters. The third-order valence-corrected chi connectivity index (χ3v) is 4.62. The van der Waals surface area contributed by atoms with Gasteiger partial charge in [0.1, 0.15) is 11.9 Å². The smallest absolute Gasteiger partial charge is 0.329 e. The molecular formula is C22H20FNO5. The topological polar surface area (TPSA) is 80.8 Å². The summed E-state index contributed by atoms with van der Waals surface area (Å²) in [6, 6.07) is 10.5. The zero-order valence-corrected chi connectivity index (χ0v) is 16.1. The molecule has 150 valence electrons. The zero-order valence-electron chi connectivity index (χ0n) is 16.1. The lowest BCUT2D eigenvalue weighted by Gasteiger charge is -2.25. The Labute approximate surface area is 167 Å². The number of carbonyl (C=O) groups excluding carboxylic acids is 4. The molecule has 0 aliphatic carbocycles. The minimum absolute atomic E-state index is 0.0286. The number of hydrogen-bond donors (Lipinski definition) is 0. The van der Waals surface area contributed by atoms with E-state index in [1.165, 1.54) is 30.3 Å². The quantitative estimate of drug-likeness (QED) is 0.407. The van der Waals surface area contributed by atoms with E-state index in [-0.39, 0.29) is 29.0 Å². The van der Waals surface area contributed by atoms with Gasteiger partial charge in [0.15, 0.2) is 6.61 Å². The van der Waals surface area contributed by atoms with E-state index in [2.05, 4.69) is 0 Å². The highest BCUT2D eigenvalue weighted by Crippen LogP contribution is 2.27. The number of ether oxygens (including phenoxy) is 1. The van der Waals surface area contributed by atoms with E-state index >= 15 is 0 Å². The molecule has 2 aromatic rings. The van der Waals surface area contributed by atoms with E-state index in [0.717, 1.165) is 11.0 Å². The number of halogens is 1. The van der Waals surface area contributed by atoms with Crippen molar-refractivity contribution in [3.63, 3.8) is 0 Å². The molecule has 2 amide bonds. The maximum absolute atomic E-state index is 13.7. The summed E-state index contributed by atoms with van der Waals surface area (Å²) in [7, 11) is 0. The number of amides is 2. The number of fused-ring (bicyclic) bond motifs is 1. The average Bonchev–Trinajstić information content (AvgIpc) is 2.95. The van der Waals surface area contributed by atoms with Crippen molar-refractivity contribution in [2.45, 2.75) is 26.3 Å². The summed E-state index contributed by atoms with van der Waals surface area (Å²) in [5, 5.41) is 0. The molecule has 7 heteroatoms. The minimum Gasteiger partial charge on any atom is -0.456 e. The van der Waals surface area contributed by atoms with Crippen molar-refractivity contribution < 1.29 is 28.3 Å². The van der Waals surface area contributed by atoms with Crippen LogP contribution in [0.4, 0.5) is 4.39 Å². The first-order valence-corrected chi connectivity index (χ1v) is 9.22. The summed E-state index contributed by atoms with van der Waals surface area (Å²) in [5.41, 5.74) is 0.254. The lowest BCUT2D eigenvalue weighted by Crippen LogP contribution is -2.46. The van der Waals surface area contributed by atoms with Crippen molar-refractivity contribution in [3.05, 3.63) is 71.0 Å². The van der Waals surface area contributed by atoms with Gasteiger partial charge in [-0.2, -0.15) is 0 Å². The summed E-state index contributed by atoms with van der Waals surface area (Å²) in [5.74, 6) is -3.48. The fourth-order valence-corrected chi connectivity index (χ4v) is 3.24. The highest BCUT2D eigenvalue weighted by Gasteiger charge is 2.43. The molecule has 0 radical (unpaired) electrons. The first-order valence-electron chi connectivity index (χ1n) is 9.22. The van der Waals surface area contributed by atoms with Crippen molar-refractivity contribution in [3.8, 4) is 0 Å². The van der Waals surface area contributed by atoms with Gasteiger partial charge in [0.05, 0.1) is 16.7 Å². The Morgan fingerprint density at radius 1 is 0.966 bits per heavy atom. The van der Waals surface area contributed by atoms with E-state index in [1.54, 1.807) is 12.1 Å². The van der Waals surface area contributed by atoms with E-state index in [1.807, 2.05) is 13.8 Å². The Bertz CT molecular complexity index is 950. The predicted molar refractivity (Wildman–Crippen MR) is 102 cm³/mol. The van der Waals surface area contributed by atoms with Gasteiger partial charge in [0.25, 0.3) is 11.8 Å². The molecule has 0 saturated heterocycles. The van der Waals surface area contributed by atoms with E-state index < -0.39 is 42.0 Å². The number of Topliss-reactive ketones (excluding diaryl/α,β-unsaturated/α-hetero) is 1. The summed E-state index contributed by atoms with van der Waals surface area (Å²) in [6.45, 7) is 2.99. The third-order valence-electron chi connectivity index (χ3n) is 4.62. The molecule has 2 aromatic carbocycles. The lowest BCUT2D eigenvalue weighted by atomic mass is 10.0. The van der Waals surface area contributed by atoms with Crippen LogP contribution < -0.4 is 0 Å². The van der Waals surface area contributed by atoms with Crippen LogP contribution in [0.15, 0.2) is 48.5 Å². The second-order valence-corrected chi connectivity index (χ2v) is 7.18. The molecular weight excluding hydrogens is 377 g/mol. The van der Waals surface area contributed by atoms with Gasteiger partial charge in [-0.15, -0.1) is 0 Å². The number of ketones is 1. The Kier molecular flexibility index (Phi) is 5.87. The summed E-state index contributed by atoms with van der Waals surface area (Å²) < 4.78 is 18.8. The third kappa shape index (κ3) is 4.08. The summed E-state index contributed by atoms with van der Waals surface area (Å²) >= 11 is 0. The number of benzene rings is 2. The summed E-state index contributed by atoms with van der Waals surface area (Å²) in [6.07, 6.45) is 0.179. The Hall–Kier alpha value is -3.35. The maximum Gasteiger partial charge on any atom is 0.329 e. The van der Waals surface area contributed by atoms with Crippen LogP contribution in [-0.2, 0) is 9.53 Å². The Balaban J connectivity index is 1.78. The number of nitrogens with zero attached hydrogens (tertiary/aromatic N) is 1. The van der Waals surface area contributed by atoms with Gasteiger partial charge < -0.3 is 4.74 Å². The first kappa shape index (κ1) is 20.4. The molecule has 1 aliphatic heterocycles. The number of hydrogen-bond acceptors (Lipinski definition) is 5. The number of carbonyl (C=O) groups is 4. The van der Waals surface area contributed by atoms with Crippen LogP contribution in [0.3, 0.4) is 0 Å². The van der Waals surface area contributed by atoms with Crippen molar-refractivity contribution in [1.82, 2.24) is 4.90 Å². The second kappa shape index (κ2) is 8.34. The fourth-order valence-electron chi connectivity index (χ4n) is 3.24. The molecule has 0 saturated carbocycles. The second-order valence-electron chi connectivity index (χ2n) is 7.18. The number of rotatable bonds is 7. The van der Waals surface area contributed by atoms with Crippen LogP contribution in [0, 0.1) is 11.7 Å². The molecule has 6 nitrogen and oxygen atoms in total. The molecule has 1 heterocycles. The molecule has 0 aromatic heterocycles. The predicted octanol–water partition coefficient (Wildman–Crippen LogP) is 3.26. The van der Waals surface area contributed by atoms with Gasteiger partial charge in [-0.25, -0.2) is 9.18 Å². The zero-order chi connectivity index (χ0) is 21.1. The minimum atomic E-state index is -1.17. The van der Waals surface area contributed by atoms with Crippen LogP contribution in [0.1, 0.15) is 51.3 Å². The van der Waals surface area contributed by atoms with E-state index in [9.17, 15) is 23.6 Å². The molecule has 3 rings (SSSR count). The van der Waals surface area contributed by atoms with Crippen molar-refractivity contribution >= 4 is 23.6 Å².